The molecule has 2 aromatic heterocycles. The molecule has 212 valence electrons. The maximum Gasteiger partial charge on any atom is 0.257 e. The Morgan fingerprint density at radius 2 is 1.62 bits per heavy atom. The van der Waals surface area contributed by atoms with Gasteiger partial charge >= 0.3 is 0 Å². The summed E-state index contributed by atoms with van der Waals surface area (Å²) < 4.78 is 13.1. The van der Waals surface area contributed by atoms with Gasteiger partial charge in [-0.3, -0.25) is 14.6 Å². The second-order valence-electron chi connectivity index (χ2n) is 11.6. The summed E-state index contributed by atoms with van der Waals surface area (Å²) in [6.45, 7) is 4.80. The number of hydrogen-bond donors (Lipinski definition) is 0. The van der Waals surface area contributed by atoms with Gasteiger partial charge in [0.25, 0.3) is 11.8 Å². The molecule has 1 saturated carbocycles. The van der Waals surface area contributed by atoms with Crippen molar-refractivity contribution in [2.45, 2.75) is 57.0 Å². The maximum atomic E-state index is 13.3. The number of carbonyl (C=O) groups is 2. The molecule has 1 aliphatic carbocycles. The van der Waals surface area contributed by atoms with Gasteiger partial charge in [0.2, 0.25) is 0 Å². The molecule has 0 bridgehead atoms. The minimum absolute atomic E-state index is 0.0512. The van der Waals surface area contributed by atoms with Crippen molar-refractivity contribution in [2.75, 3.05) is 46.6 Å². The summed E-state index contributed by atoms with van der Waals surface area (Å²) in [4.78, 5) is 34.7. The van der Waals surface area contributed by atoms with Gasteiger partial charge in [0.15, 0.2) is 0 Å². The van der Waals surface area contributed by atoms with Gasteiger partial charge in [-0.15, -0.1) is 0 Å². The van der Waals surface area contributed by atoms with E-state index in [0.29, 0.717) is 43.7 Å². The fourth-order valence-corrected chi connectivity index (χ4v) is 6.66. The number of amides is 2. The molecule has 0 atom stereocenters. The number of pyridine rings is 1. The molecule has 2 amide bonds. The SMILES string of the molecule is CN(C(=O)c1ccc(C2CCC(Cn3cc(C(=O)N4CCOCC4)c4ncccc43)CC2)cc1)C1CCOCC1. The van der Waals surface area contributed by atoms with Crippen LogP contribution in [0.1, 0.15) is 70.7 Å². The molecule has 40 heavy (non-hydrogen) atoms. The van der Waals surface area contributed by atoms with Crippen LogP contribution < -0.4 is 0 Å². The van der Waals surface area contributed by atoms with Crippen molar-refractivity contribution in [1.29, 1.82) is 0 Å². The van der Waals surface area contributed by atoms with Crippen LogP contribution >= 0.6 is 0 Å². The first-order chi connectivity index (χ1) is 19.6. The van der Waals surface area contributed by atoms with Gasteiger partial charge in [0.05, 0.1) is 24.3 Å². The minimum atomic E-state index is 0.0512. The zero-order valence-electron chi connectivity index (χ0n) is 23.5. The predicted molar refractivity (Wildman–Crippen MR) is 154 cm³/mol. The highest BCUT2D eigenvalue weighted by molar-refractivity contribution is 6.05. The number of fused-ring (bicyclic) bond motifs is 1. The first kappa shape index (κ1) is 27.0. The molecular formula is C32H40N4O4. The number of aromatic nitrogens is 2. The van der Waals surface area contributed by atoms with Crippen molar-refractivity contribution in [3.8, 4) is 0 Å². The normalized spacial score (nSPS) is 22.4. The lowest BCUT2D eigenvalue weighted by Crippen LogP contribution is -2.40. The van der Waals surface area contributed by atoms with E-state index in [1.165, 1.54) is 5.56 Å². The van der Waals surface area contributed by atoms with Gasteiger partial charge in [-0.1, -0.05) is 12.1 Å². The summed E-state index contributed by atoms with van der Waals surface area (Å²) in [7, 11) is 1.92. The monoisotopic (exact) mass is 544 g/mol. The van der Waals surface area contributed by atoms with Crippen molar-refractivity contribution < 1.29 is 19.1 Å². The van der Waals surface area contributed by atoms with E-state index >= 15 is 0 Å². The third kappa shape index (κ3) is 5.65. The Balaban J connectivity index is 1.07. The molecule has 6 rings (SSSR count). The van der Waals surface area contributed by atoms with Gasteiger partial charge < -0.3 is 23.8 Å². The van der Waals surface area contributed by atoms with Gasteiger partial charge in [-0.05, 0) is 80.2 Å². The van der Waals surface area contributed by atoms with Crippen LogP contribution in [0.4, 0.5) is 0 Å². The van der Waals surface area contributed by atoms with Gasteiger partial charge in [0.1, 0.15) is 5.52 Å². The quantitative estimate of drug-likeness (QED) is 0.448. The van der Waals surface area contributed by atoms with Crippen molar-refractivity contribution in [3.63, 3.8) is 0 Å². The van der Waals surface area contributed by atoms with E-state index in [1.807, 2.05) is 41.2 Å². The zero-order chi connectivity index (χ0) is 27.5. The Morgan fingerprint density at radius 1 is 0.925 bits per heavy atom. The molecule has 3 aliphatic rings. The Bertz CT molecular complexity index is 1320. The van der Waals surface area contributed by atoms with E-state index in [9.17, 15) is 9.59 Å². The van der Waals surface area contributed by atoms with Crippen LogP contribution in [0.2, 0.25) is 0 Å². The summed E-state index contributed by atoms with van der Waals surface area (Å²) >= 11 is 0. The lowest BCUT2D eigenvalue weighted by atomic mass is 9.78. The van der Waals surface area contributed by atoms with E-state index in [0.717, 1.165) is 74.9 Å². The molecule has 0 unspecified atom stereocenters. The molecule has 8 heteroatoms. The number of hydrogen-bond acceptors (Lipinski definition) is 5. The Morgan fingerprint density at radius 3 is 2.35 bits per heavy atom. The standard InChI is InChI=1S/C32H40N4O4/c1-34(27-12-17-39-18-13-27)31(37)26-10-8-25(9-11-26)24-6-4-23(5-7-24)21-36-22-28(30-29(36)3-2-14-33-30)32(38)35-15-19-40-20-16-35/h2-3,8-11,14,22-24,27H,4-7,12-13,15-21H2,1H3. The molecule has 0 radical (unpaired) electrons. The number of carbonyl (C=O) groups excluding carboxylic acids is 2. The van der Waals surface area contributed by atoms with Crippen molar-refractivity contribution in [1.82, 2.24) is 19.4 Å². The predicted octanol–water partition coefficient (Wildman–Crippen LogP) is 4.73. The van der Waals surface area contributed by atoms with Crippen LogP contribution in [-0.2, 0) is 16.0 Å². The number of rotatable bonds is 6. The molecule has 2 saturated heterocycles. The molecule has 3 fully saturated rings. The van der Waals surface area contributed by atoms with Gasteiger partial charge in [-0.2, -0.15) is 0 Å². The van der Waals surface area contributed by atoms with E-state index in [1.54, 1.807) is 6.20 Å². The van der Waals surface area contributed by atoms with Crippen LogP contribution in [0.3, 0.4) is 0 Å². The third-order valence-electron chi connectivity index (χ3n) is 9.15. The second kappa shape index (κ2) is 12.1. The summed E-state index contributed by atoms with van der Waals surface area (Å²) in [5, 5.41) is 0. The molecular weight excluding hydrogens is 504 g/mol. The molecule has 8 nitrogen and oxygen atoms in total. The molecule has 2 aliphatic heterocycles. The summed E-state index contributed by atoms with van der Waals surface area (Å²) in [5.41, 5.74) is 4.62. The largest absolute Gasteiger partial charge is 0.381 e. The lowest BCUT2D eigenvalue weighted by Gasteiger charge is -2.31. The van der Waals surface area contributed by atoms with E-state index in [2.05, 4.69) is 27.8 Å². The highest BCUT2D eigenvalue weighted by Crippen LogP contribution is 2.37. The minimum Gasteiger partial charge on any atom is -0.381 e. The summed E-state index contributed by atoms with van der Waals surface area (Å²) in [6, 6.07) is 12.6. The van der Waals surface area contributed by atoms with Crippen molar-refractivity contribution in [3.05, 3.63) is 65.5 Å². The molecule has 0 spiro atoms. The third-order valence-corrected chi connectivity index (χ3v) is 9.15. The summed E-state index contributed by atoms with van der Waals surface area (Å²) in [6.07, 6.45) is 10.2. The van der Waals surface area contributed by atoms with E-state index in [-0.39, 0.29) is 17.9 Å². The topological polar surface area (TPSA) is 76.9 Å². The Kier molecular flexibility index (Phi) is 8.16. The van der Waals surface area contributed by atoms with E-state index < -0.39 is 0 Å². The molecule has 4 heterocycles. The lowest BCUT2D eigenvalue weighted by molar-refractivity contribution is 0.0303. The first-order valence-electron chi connectivity index (χ1n) is 14.8. The van der Waals surface area contributed by atoms with Crippen molar-refractivity contribution in [2.24, 2.45) is 5.92 Å². The van der Waals surface area contributed by atoms with Crippen LogP contribution in [0.25, 0.3) is 11.0 Å². The maximum absolute atomic E-state index is 13.3. The fourth-order valence-electron chi connectivity index (χ4n) is 6.66. The van der Waals surface area contributed by atoms with Gasteiger partial charge in [0, 0.05) is 63.9 Å². The Hall–Kier alpha value is -3.23. The average Bonchev–Trinajstić information content (AvgIpc) is 3.39. The van der Waals surface area contributed by atoms with Crippen LogP contribution in [0.15, 0.2) is 48.8 Å². The average molecular weight is 545 g/mol. The molecule has 0 N–H and O–H groups in total. The van der Waals surface area contributed by atoms with Crippen molar-refractivity contribution >= 4 is 22.8 Å². The van der Waals surface area contributed by atoms with Crippen LogP contribution in [0.5, 0.6) is 0 Å². The Labute approximate surface area is 236 Å². The van der Waals surface area contributed by atoms with E-state index in [4.69, 9.17) is 9.47 Å². The van der Waals surface area contributed by atoms with Gasteiger partial charge in [-0.25, -0.2) is 0 Å². The number of nitrogens with zero attached hydrogens (tertiary/aromatic N) is 4. The number of benzene rings is 1. The van der Waals surface area contributed by atoms with Crippen LogP contribution in [0, 0.1) is 5.92 Å². The number of ether oxygens (including phenoxy) is 2. The first-order valence-corrected chi connectivity index (χ1v) is 14.8. The second-order valence-corrected chi connectivity index (χ2v) is 11.6. The molecule has 1 aromatic carbocycles. The fraction of sp³-hybridized carbons (Fsp3) is 0.531. The smallest absolute Gasteiger partial charge is 0.257 e. The number of morpholine rings is 1. The van der Waals surface area contributed by atoms with Crippen LogP contribution in [-0.4, -0.2) is 83.8 Å². The molecule has 3 aromatic rings. The highest BCUT2D eigenvalue weighted by Gasteiger charge is 2.27. The zero-order valence-corrected chi connectivity index (χ0v) is 23.5. The highest BCUT2D eigenvalue weighted by atomic mass is 16.5. The summed E-state index contributed by atoms with van der Waals surface area (Å²) in [5.74, 6) is 1.24.